The maximum atomic E-state index is 13.2. The van der Waals surface area contributed by atoms with Gasteiger partial charge in [0.15, 0.2) is 11.6 Å². The van der Waals surface area contributed by atoms with E-state index in [9.17, 15) is 14.0 Å². The second-order valence-corrected chi connectivity index (χ2v) is 15.0. The van der Waals surface area contributed by atoms with Crippen LogP contribution in [-0.4, -0.2) is 105 Å². The summed E-state index contributed by atoms with van der Waals surface area (Å²) in [4.78, 5) is 42.2. The molecule has 6 aromatic rings. The number of para-hydroxylation sites is 2. The first-order valence-corrected chi connectivity index (χ1v) is 19.1. The van der Waals surface area contributed by atoms with Gasteiger partial charge in [-0.3, -0.25) is 14.0 Å². The SMILES string of the molecule is CN1CCN(c2nc3ccccc3c3c2-c2ccc(Cl)cc2C3=O)CC1.CN1CCNCC1.O=C1c2cc(Cl)ccc2-c2c(Cl)nc3ccccc3c21.[2H]CF. The highest BCUT2D eigenvalue weighted by atomic mass is 35.5. The minimum absolute atomic E-state index is 0.0435. The smallest absolute Gasteiger partial charge is 0.195 e. The third-order valence-electron chi connectivity index (χ3n) is 10.3. The van der Waals surface area contributed by atoms with E-state index in [0.29, 0.717) is 37.5 Å². The number of benzene rings is 4. The molecule has 282 valence electrons. The summed E-state index contributed by atoms with van der Waals surface area (Å²) in [5.74, 6) is 0.922. The largest absolute Gasteiger partial charge is 0.353 e. The van der Waals surface area contributed by atoms with Gasteiger partial charge in [-0.15, -0.1) is 0 Å². The second kappa shape index (κ2) is 16.7. The Hall–Kier alpha value is -4.48. The van der Waals surface area contributed by atoms with Crippen molar-refractivity contribution in [1.82, 2.24) is 25.1 Å². The number of fused-ring (bicyclic) bond motifs is 10. The Labute approximate surface area is 336 Å². The van der Waals surface area contributed by atoms with Crippen molar-refractivity contribution in [3.63, 3.8) is 0 Å². The van der Waals surface area contributed by atoms with Gasteiger partial charge < -0.3 is 20.0 Å². The van der Waals surface area contributed by atoms with Crippen LogP contribution in [0.5, 0.6) is 0 Å². The first-order chi connectivity index (χ1) is 27.1. The number of ketones is 2. The summed E-state index contributed by atoms with van der Waals surface area (Å²) < 4.78 is 15.5. The number of anilines is 1. The van der Waals surface area contributed by atoms with E-state index in [4.69, 9.17) is 41.2 Å². The molecule has 0 radical (unpaired) electrons. The number of hydrogen-bond acceptors (Lipinski definition) is 8. The summed E-state index contributed by atoms with van der Waals surface area (Å²) in [5, 5.41) is 6.49. The summed E-state index contributed by atoms with van der Waals surface area (Å²) in [6.07, 6.45) is 0. The highest BCUT2D eigenvalue weighted by Gasteiger charge is 2.35. The van der Waals surface area contributed by atoms with Crippen molar-refractivity contribution in [1.29, 1.82) is 0 Å². The maximum absolute atomic E-state index is 13.2. The molecule has 0 spiro atoms. The highest BCUT2D eigenvalue weighted by Crippen LogP contribution is 2.46. The third-order valence-corrected chi connectivity index (χ3v) is 11.1. The number of nitrogens with zero attached hydrogens (tertiary/aromatic N) is 5. The van der Waals surface area contributed by atoms with Crippen LogP contribution >= 0.6 is 34.8 Å². The number of pyridine rings is 2. The molecule has 0 unspecified atom stereocenters. The second-order valence-electron chi connectivity index (χ2n) is 13.8. The van der Waals surface area contributed by atoms with Crippen LogP contribution in [0, 0.1) is 0 Å². The monoisotopic (exact) mass is 797 g/mol. The van der Waals surface area contributed by atoms with Gasteiger partial charge in [0, 0.05) is 107 Å². The van der Waals surface area contributed by atoms with E-state index in [1.54, 1.807) is 18.2 Å². The molecular weight excluding hydrogens is 758 g/mol. The van der Waals surface area contributed by atoms with Gasteiger partial charge in [0.25, 0.3) is 0 Å². The van der Waals surface area contributed by atoms with Crippen molar-refractivity contribution in [2.45, 2.75) is 0 Å². The van der Waals surface area contributed by atoms with Gasteiger partial charge >= 0.3 is 0 Å². The van der Waals surface area contributed by atoms with Crippen molar-refractivity contribution in [2.75, 3.05) is 78.5 Å². The zero-order valence-corrected chi connectivity index (χ0v) is 32.8. The van der Waals surface area contributed by atoms with E-state index >= 15 is 0 Å². The minimum Gasteiger partial charge on any atom is -0.353 e. The molecule has 0 amide bonds. The molecule has 10 rings (SSSR count). The molecule has 55 heavy (non-hydrogen) atoms. The van der Waals surface area contributed by atoms with Gasteiger partial charge in [-0.2, -0.15) is 0 Å². The summed E-state index contributed by atoms with van der Waals surface area (Å²) in [5.41, 5.74) is 7.68. The van der Waals surface area contributed by atoms with E-state index < -0.39 is 7.15 Å². The Morgan fingerprint density at radius 1 is 0.618 bits per heavy atom. The summed E-state index contributed by atoms with van der Waals surface area (Å²) in [6.45, 7) is 8.54. The van der Waals surface area contributed by atoms with Crippen LogP contribution in [0.3, 0.4) is 0 Å². The quantitative estimate of drug-likeness (QED) is 0.165. The lowest BCUT2D eigenvalue weighted by atomic mass is 10.0. The Kier molecular flexibility index (Phi) is 11.4. The fourth-order valence-corrected chi connectivity index (χ4v) is 8.12. The van der Waals surface area contributed by atoms with Crippen LogP contribution in [0.4, 0.5) is 10.2 Å². The molecule has 2 aliphatic heterocycles. The number of piperazine rings is 2. The fraction of sp³-hybridized carbons (Fsp3) is 0.256. The molecule has 4 aromatic carbocycles. The molecule has 12 heteroatoms. The third kappa shape index (κ3) is 7.57. The van der Waals surface area contributed by atoms with Gasteiger partial charge in [-0.25, -0.2) is 9.97 Å². The normalized spacial score (nSPS) is 16.1. The van der Waals surface area contributed by atoms with Crippen LogP contribution in [0.1, 0.15) is 33.2 Å². The van der Waals surface area contributed by atoms with E-state index in [-0.39, 0.29) is 11.6 Å². The lowest BCUT2D eigenvalue weighted by molar-refractivity contribution is 0.103. The van der Waals surface area contributed by atoms with Gasteiger partial charge in [0.05, 0.1) is 19.6 Å². The number of hydrogen-bond donors (Lipinski definition) is 1. The average molecular weight is 799 g/mol. The molecular formula is C43H40Cl3FN6O2. The lowest BCUT2D eigenvalue weighted by Crippen LogP contribution is -2.45. The lowest BCUT2D eigenvalue weighted by Gasteiger charge is -2.34. The van der Waals surface area contributed by atoms with Crippen LogP contribution in [-0.2, 0) is 0 Å². The first kappa shape index (κ1) is 37.4. The molecule has 1 N–H and O–H groups in total. The fourth-order valence-electron chi connectivity index (χ4n) is 7.49. The Morgan fingerprint density at radius 2 is 1.09 bits per heavy atom. The predicted octanol–water partition coefficient (Wildman–Crippen LogP) is 8.71. The molecule has 4 aliphatic rings. The summed E-state index contributed by atoms with van der Waals surface area (Å²) in [6, 6.07) is 26.3. The number of halogens is 4. The van der Waals surface area contributed by atoms with Crippen LogP contribution in [0.15, 0.2) is 84.9 Å². The highest BCUT2D eigenvalue weighted by molar-refractivity contribution is 6.39. The number of rotatable bonds is 1. The molecule has 8 nitrogen and oxygen atoms in total. The Morgan fingerprint density at radius 3 is 1.62 bits per heavy atom. The van der Waals surface area contributed by atoms with Crippen LogP contribution in [0.2, 0.25) is 15.2 Å². The van der Waals surface area contributed by atoms with E-state index in [2.05, 4.69) is 39.1 Å². The zero-order valence-electron chi connectivity index (χ0n) is 31.5. The number of carbonyl (C=O) groups excluding carboxylic acids is 2. The van der Waals surface area contributed by atoms with Crippen LogP contribution in [0.25, 0.3) is 44.1 Å². The summed E-state index contributed by atoms with van der Waals surface area (Å²) >= 11 is 18.4. The van der Waals surface area contributed by atoms with E-state index in [1.807, 2.05) is 66.7 Å². The van der Waals surface area contributed by atoms with Gasteiger partial charge in [0.1, 0.15) is 11.0 Å². The number of carbonyl (C=O) groups is 2. The van der Waals surface area contributed by atoms with E-state index in [0.717, 1.165) is 89.1 Å². The topological polar surface area (TPSA) is 81.7 Å². The van der Waals surface area contributed by atoms with Crippen molar-refractivity contribution in [2.24, 2.45) is 0 Å². The maximum Gasteiger partial charge on any atom is 0.195 e. The van der Waals surface area contributed by atoms with E-state index in [1.165, 1.54) is 13.1 Å². The number of nitrogens with one attached hydrogen (secondary N) is 1. The number of likely N-dealkylation sites (N-methyl/N-ethyl adjacent to an activating group) is 2. The van der Waals surface area contributed by atoms with Crippen LogP contribution < -0.4 is 10.2 Å². The number of alkyl halides is 1. The molecule has 2 aliphatic carbocycles. The minimum atomic E-state index is -1.00. The van der Waals surface area contributed by atoms with Gasteiger partial charge in [-0.1, -0.05) is 83.3 Å². The molecule has 2 saturated heterocycles. The van der Waals surface area contributed by atoms with Gasteiger partial charge in [-0.05, 0) is 61.6 Å². The number of aromatic nitrogens is 2. The average Bonchev–Trinajstić information content (AvgIpc) is 3.66. The molecule has 2 aromatic heterocycles. The molecule has 4 heterocycles. The Balaban J connectivity index is 0.000000141. The molecule has 0 bridgehead atoms. The Bertz CT molecular complexity index is 2450. The van der Waals surface area contributed by atoms with Crippen molar-refractivity contribution in [3.8, 4) is 22.3 Å². The zero-order chi connectivity index (χ0) is 39.5. The molecule has 0 saturated carbocycles. The molecule has 2 fully saturated rings. The van der Waals surface area contributed by atoms with Crippen molar-refractivity contribution >= 4 is 74.0 Å². The van der Waals surface area contributed by atoms with Crippen molar-refractivity contribution < 1.29 is 15.4 Å². The molecule has 0 atom stereocenters. The summed E-state index contributed by atoms with van der Waals surface area (Å²) in [7, 11) is 3.29. The standard InChI is InChI=1S/C21H18ClN3O.C16H7Cl2NO.C5H12N2.CH3F/c1-24-8-10-25(11-9-24)21-19-14-7-6-13(22)12-16(14)20(26)18(19)15-4-2-3-5-17(15)23-21;17-8-5-6-9-11(7-8)15(20)13-10-3-1-2-4-12(10)19-16(18)14(9)13;1-7-4-2-6-3-5-7;1-2/h2-7,12H,8-11H2,1H3;1-7H;6H,2-5H2,1H3;1H3/i;;;1D. The van der Waals surface area contributed by atoms with Gasteiger partial charge in [0.2, 0.25) is 0 Å². The predicted molar refractivity (Wildman–Crippen MR) is 223 cm³/mol. The first-order valence-electron chi connectivity index (χ1n) is 18.7. The van der Waals surface area contributed by atoms with Crippen molar-refractivity contribution in [3.05, 3.63) is 122 Å².